The van der Waals surface area contributed by atoms with Crippen LogP contribution in [0, 0.1) is 0 Å². The van der Waals surface area contributed by atoms with Crippen molar-refractivity contribution in [2.24, 2.45) is 0 Å². The zero-order chi connectivity index (χ0) is 19.1. The van der Waals surface area contributed by atoms with Crippen molar-refractivity contribution >= 4 is 28.3 Å². The van der Waals surface area contributed by atoms with E-state index in [2.05, 4.69) is 20.3 Å². The number of fused-ring (bicyclic) bond motifs is 1. The molecule has 1 aromatic carbocycles. The Labute approximate surface area is 157 Å². The van der Waals surface area contributed by atoms with E-state index in [-0.39, 0.29) is 5.91 Å². The number of aromatic nitrogens is 3. The lowest BCUT2D eigenvalue weighted by Gasteiger charge is -2.23. The van der Waals surface area contributed by atoms with Crippen LogP contribution in [0.15, 0.2) is 42.9 Å². The maximum atomic E-state index is 12.6. The van der Waals surface area contributed by atoms with Gasteiger partial charge in [0.1, 0.15) is 17.8 Å². The van der Waals surface area contributed by atoms with Gasteiger partial charge in [0.05, 0.1) is 13.2 Å². The van der Waals surface area contributed by atoms with Gasteiger partial charge in [-0.1, -0.05) is 0 Å². The number of amides is 1. The summed E-state index contributed by atoms with van der Waals surface area (Å²) in [5, 5.41) is 3.91. The molecule has 0 unspecified atom stereocenters. The summed E-state index contributed by atoms with van der Waals surface area (Å²) in [5.41, 5.74) is 2.03. The highest BCUT2D eigenvalue weighted by Crippen LogP contribution is 2.19. The minimum Gasteiger partial charge on any atom is -0.383 e. The van der Waals surface area contributed by atoms with Crippen LogP contribution in [0.3, 0.4) is 0 Å². The van der Waals surface area contributed by atoms with Crippen molar-refractivity contribution in [1.82, 2.24) is 15.0 Å². The Bertz CT molecular complexity index is 888. The van der Waals surface area contributed by atoms with E-state index in [9.17, 15) is 4.79 Å². The lowest BCUT2D eigenvalue weighted by molar-refractivity contribution is 0.102. The maximum Gasteiger partial charge on any atom is 0.274 e. The molecule has 2 heterocycles. The van der Waals surface area contributed by atoms with Gasteiger partial charge in [-0.3, -0.25) is 4.79 Å². The summed E-state index contributed by atoms with van der Waals surface area (Å²) in [7, 11) is 3.29. The summed E-state index contributed by atoms with van der Waals surface area (Å²) < 4.78 is 10.3. The molecule has 8 heteroatoms. The highest BCUT2D eigenvalue weighted by atomic mass is 16.5. The highest BCUT2D eigenvalue weighted by molar-refractivity contribution is 6.04. The molecule has 0 radical (unpaired) electrons. The van der Waals surface area contributed by atoms with Crippen LogP contribution >= 0.6 is 0 Å². The summed E-state index contributed by atoms with van der Waals surface area (Å²) >= 11 is 0. The summed E-state index contributed by atoms with van der Waals surface area (Å²) in [4.78, 5) is 26.1. The third kappa shape index (κ3) is 4.81. The van der Waals surface area contributed by atoms with E-state index >= 15 is 0 Å². The zero-order valence-corrected chi connectivity index (χ0v) is 15.4. The molecule has 0 fully saturated rings. The third-order valence-electron chi connectivity index (χ3n) is 4.15. The standard InChI is InChI=1S/C19H23N5O3/c1-26-9-7-24(8-10-27-2)18-12-17(21-13-22-18)19(25)23-15-3-4-16-14(11-15)5-6-20-16/h3-6,11-13,20H,7-10H2,1-2H3,(H,23,25). The van der Waals surface area contributed by atoms with Crippen LogP contribution in [-0.2, 0) is 9.47 Å². The first-order chi connectivity index (χ1) is 13.2. The zero-order valence-electron chi connectivity index (χ0n) is 15.4. The molecule has 0 saturated carbocycles. The molecule has 0 aliphatic carbocycles. The van der Waals surface area contributed by atoms with Gasteiger partial charge in [-0.25, -0.2) is 9.97 Å². The molecule has 1 amide bonds. The summed E-state index contributed by atoms with van der Waals surface area (Å²) in [6, 6.07) is 9.32. The number of methoxy groups -OCH3 is 2. The van der Waals surface area contributed by atoms with E-state index in [4.69, 9.17) is 9.47 Å². The van der Waals surface area contributed by atoms with Gasteiger partial charge in [0.2, 0.25) is 0 Å². The number of anilines is 2. The van der Waals surface area contributed by atoms with Crippen LogP contribution in [0.2, 0.25) is 0 Å². The first kappa shape index (κ1) is 18.8. The maximum absolute atomic E-state index is 12.6. The lowest BCUT2D eigenvalue weighted by atomic mass is 10.2. The molecule has 8 nitrogen and oxygen atoms in total. The molecule has 27 heavy (non-hydrogen) atoms. The van der Waals surface area contributed by atoms with Crippen molar-refractivity contribution in [2.45, 2.75) is 0 Å². The van der Waals surface area contributed by atoms with Gasteiger partial charge >= 0.3 is 0 Å². The molecule has 0 bridgehead atoms. The van der Waals surface area contributed by atoms with Crippen LogP contribution < -0.4 is 10.2 Å². The second-order valence-corrected chi connectivity index (χ2v) is 5.97. The highest BCUT2D eigenvalue weighted by Gasteiger charge is 2.13. The minimum absolute atomic E-state index is 0.285. The largest absolute Gasteiger partial charge is 0.383 e. The quantitative estimate of drug-likeness (QED) is 0.601. The predicted octanol–water partition coefficient (Wildman–Crippen LogP) is 2.31. The fourth-order valence-electron chi connectivity index (χ4n) is 2.71. The van der Waals surface area contributed by atoms with Crippen molar-refractivity contribution in [3.63, 3.8) is 0 Å². The number of carbonyl (C=O) groups excluding carboxylic acids is 1. The Morgan fingerprint density at radius 3 is 2.63 bits per heavy atom. The second kappa shape index (κ2) is 9.11. The molecule has 0 aliphatic rings. The average molecular weight is 369 g/mol. The molecule has 2 N–H and O–H groups in total. The fraction of sp³-hybridized carbons (Fsp3) is 0.316. The molecular weight excluding hydrogens is 346 g/mol. The number of benzene rings is 1. The molecule has 3 rings (SSSR count). The molecule has 0 spiro atoms. The van der Waals surface area contributed by atoms with Gasteiger partial charge in [-0.2, -0.15) is 0 Å². The number of hydrogen-bond donors (Lipinski definition) is 2. The lowest BCUT2D eigenvalue weighted by Crippen LogP contribution is -2.31. The number of nitrogens with zero attached hydrogens (tertiary/aromatic N) is 3. The van der Waals surface area contributed by atoms with Gasteiger partial charge in [0.25, 0.3) is 5.91 Å². The first-order valence-electron chi connectivity index (χ1n) is 8.64. The van der Waals surface area contributed by atoms with E-state index < -0.39 is 0 Å². The first-order valence-corrected chi connectivity index (χ1v) is 8.64. The minimum atomic E-state index is -0.285. The second-order valence-electron chi connectivity index (χ2n) is 5.97. The van der Waals surface area contributed by atoms with E-state index in [1.807, 2.05) is 35.4 Å². The normalized spacial score (nSPS) is 10.9. The topological polar surface area (TPSA) is 92.4 Å². The Morgan fingerprint density at radius 2 is 1.89 bits per heavy atom. The molecular formula is C19H23N5O3. The number of ether oxygens (including phenoxy) is 2. The predicted molar refractivity (Wildman–Crippen MR) is 104 cm³/mol. The van der Waals surface area contributed by atoms with Gasteiger partial charge in [-0.15, -0.1) is 0 Å². The molecule has 0 aliphatic heterocycles. The van der Waals surface area contributed by atoms with Crippen LogP contribution in [0.1, 0.15) is 10.5 Å². The number of aromatic amines is 1. The van der Waals surface area contributed by atoms with E-state index in [1.165, 1.54) is 6.33 Å². The van der Waals surface area contributed by atoms with Crippen molar-refractivity contribution in [1.29, 1.82) is 0 Å². The number of hydrogen-bond acceptors (Lipinski definition) is 6. The number of rotatable bonds is 9. The van der Waals surface area contributed by atoms with Gasteiger partial charge < -0.3 is 24.7 Å². The van der Waals surface area contributed by atoms with E-state index in [0.717, 1.165) is 10.9 Å². The average Bonchev–Trinajstić information content (AvgIpc) is 3.16. The van der Waals surface area contributed by atoms with Crippen LogP contribution in [0.4, 0.5) is 11.5 Å². The molecule has 0 atom stereocenters. The number of H-pyrrole nitrogens is 1. The van der Waals surface area contributed by atoms with Gasteiger partial charge in [0, 0.05) is 56.2 Å². The Morgan fingerprint density at radius 1 is 1.11 bits per heavy atom. The van der Waals surface area contributed by atoms with E-state index in [0.29, 0.717) is 43.5 Å². The van der Waals surface area contributed by atoms with Crippen molar-refractivity contribution < 1.29 is 14.3 Å². The van der Waals surface area contributed by atoms with Crippen molar-refractivity contribution in [2.75, 3.05) is 50.7 Å². The molecule has 3 aromatic rings. The summed E-state index contributed by atoms with van der Waals surface area (Å²) in [6.07, 6.45) is 3.26. The third-order valence-corrected chi connectivity index (χ3v) is 4.15. The summed E-state index contributed by atoms with van der Waals surface area (Å²) in [6.45, 7) is 2.38. The Balaban J connectivity index is 1.75. The monoisotopic (exact) mass is 369 g/mol. The summed E-state index contributed by atoms with van der Waals surface area (Å²) in [5.74, 6) is 0.373. The Kier molecular flexibility index (Phi) is 6.35. The van der Waals surface area contributed by atoms with Crippen LogP contribution in [0.5, 0.6) is 0 Å². The van der Waals surface area contributed by atoms with Crippen molar-refractivity contribution in [3.8, 4) is 0 Å². The van der Waals surface area contributed by atoms with Gasteiger partial charge in [0.15, 0.2) is 0 Å². The van der Waals surface area contributed by atoms with Crippen molar-refractivity contribution in [3.05, 3.63) is 48.5 Å². The molecule has 2 aromatic heterocycles. The fourth-order valence-corrected chi connectivity index (χ4v) is 2.71. The number of nitrogens with one attached hydrogen (secondary N) is 2. The van der Waals surface area contributed by atoms with Crippen LogP contribution in [-0.4, -0.2) is 61.4 Å². The van der Waals surface area contributed by atoms with Gasteiger partial charge in [-0.05, 0) is 24.3 Å². The Hall–Kier alpha value is -2.97. The van der Waals surface area contributed by atoms with E-state index in [1.54, 1.807) is 20.3 Å². The number of carbonyl (C=O) groups is 1. The van der Waals surface area contributed by atoms with Crippen LogP contribution in [0.25, 0.3) is 10.9 Å². The smallest absolute Gasteiger partial charge is 0.274 e. The molecule has 142 valence electrons. The SMILES string of the molecule is COCCN(CCOC)c1cc(C(=O)Nc2ccc3[nH]ccc3c2)ncn1. The molecule has 0 saturated heterocycles.